The van der Waals surface area contributed by atoms with Crippen LogP contribution in [0.25, 0.3) is 0 Å². The number of nitrogens with one attached hydrogen (secondary N) is 5. The van der Waals surface area contributed by atoms with Gasteiger partial charge in [0.05, 0.1) is 25.3 Å². The summed E-state index contributed by atoms with van der Waals surface area (Å²) in [4.78, 5) is 72.5. The van der Waals surface area contributed by atoms with Gasteiger partial charge in [0.25, 0.3) is 0 Å². The van der Waals surface area contributed by atoms with Gasteiger partial charge in [0.15, 0.2) is 0 Å². The summed E-state index contributed by atoms with van der Waals surface area (Å²) in [6.07, 6.45) is 2.31. The fourth-order valence-corrected chi connectivity index (χ4v) is 6.06. The molecule has 0 aromatic carbocycles. The molecule has 0 aromatic rings. The second kappa shape index (κ2) is 17.1. The van der Waals surface area contributed by atoms with Crippen LogP contribution in [0.3, 0.4) is 0 Å². The van der Waals surface area contributed by atoms with Crippen LogP contribution in [-0.4, -0.2) is 96.4 Å². The molecular weight excluding hydrogens is 550 g/mol. The Morgan fingerprint density at radius 1 is 1.00 bits per heavy atom. The first-order chi connectivity index (χ1) is 18.7. The molecule has 0 radical (unpaired) electrons. The molecule has 2 rings (SSSR count). The average Bonchev–Trinajstić information content (AvgIpc) is 3.45. The van der Waals surface area contributed by atoms with E-state index in [1.54, 1.807) is 13.8 Å². The molecule has 13 nitrogen and oxygen atoms in total. The zero-order valence-corrected chi connectivity index (χ0v) is 24.0. The van der Waals surface area contributed by atoms with E-state index >= 15 is 0 Å². The van der Waals surface area contributed by atoms with Gasteiger partial charge in [0.1, 0.15) is 18.6 Å². The standard InChI is InChI=1S/C24H39N5O8S2/c1-3-36-20(32)11-25-22(33)15(12-38)27-19(31)10-9-14(23(34)37-4-2)26-18(30)8-6-5-7-17-21-16(13-39-17)28-24(35)29-21/h14-17,21,38H,3-13H2,1-2H3,(H,25,33)(H,26,30)(H,27,31)(H2,28,29,35)/t14-,15-,16-,17-,21-/m0/s1. The summed E-state index contributed by atoms with van der Waals surface area (Å²) < 4.78 is 9.79. The summed E-state index contributed by atoms with van der Waals surface area (Å²) in [7, 11) is 0. The number of unbranched alkanes of at least 4 members (excludes halogenated alkanes) is 1. The summed E-state index contributed by atoms with van der Waals surface area (Å²) in [6, 6.07) is -1.87. The molecule has 0 aliphatic carbocycles. The zero-order valence-electron chi connectivity index (χ0n) is 22.3. The summed E-state index contributed by atoms with van der Waals surface area (Å²) in [5, 5.41) is 13.7. The third-order valence-electron chi connectivity index (χ3n) is 6.19. The minimum Gasteiger partial charge on any atom is -0.465 e. The van der Waals surface area contributed by atoms with Gasteiger partial charge in [-0.3, -0.25) is 19.2 Å². The highest BCUT2D eigenvalue weighted by Gasteiger charge is 2.42. The van der Waals surface area contributed by atoms with Crippen LogP contribution in [-0.2, 0) is 33.4 Å². The normalized spacial score (nSPS) is 21.0. The molecule has 5 N–H and O–H groups in total. The van der Waals surface area contributed by atoms with Crippen molar-refractivity contribution in [1.29, 1.82) is 0 Å². The minimum absolute atomic E-state index is 0.0118. The van der Waals surface area contributed by atoms with E-state index < -0.39 is 35.8 Å². The molecule has 5 atom stereocenters. The smallest absolute Gasteiger partial charge is 0.328 e. The van der Waals surface area contributed by atoms with Crippen molar-refractivity contribution in [2.24, 2.45) is 0 Å². The molecule has 0 unspecified atom stereocenters. The highest BCUT2D eigenvalue weighted by Crippen LogP contribution is 2.33. The van der Waals surface area contributed by atoms with Crippen molar-refractivity contribution in [2.45, 2.75) is 81.8 Å². The number of fused-ring (bicyclic) bond motifs is 1. The van der Waals surface area contributed by atoms with Crippen molar-refractivity contribution < 1.29 is 38.2 Å². The monoisotopic (exact) mass is 589 g/mol. The number of amides is 5. The van der Waals surface area contributed by atoms with Crippen molar-refractivity contribution in [3.8, 4) is 0 Å². The van der Waals surface area contributed by atoms with Crippen LogP contribution in [0, 0.1) is 0 Å². The topological polar surface area (TPSA) is 181 Å². The number of hydrogen-bond acceptors (Lipinski definition) is 10. The Kier molecular flexibility index (Phi) is 14.3. The van der Waals surface area contributed by atoms with Gasteiger partial charge in [-0.25, -0.2) is 9.59 Å². The fraction of sp³-hybridized carbons (Fsp3) is 0.750. The number of carbonyl (C=O) groups excluding carboxylic acids is 6. The first-order valence-corrected chi connectivity index (χ1v) is 14.8. The van der Waals surface area contributed by atoms with E-state index in [4.69, 9.17) is 9.47 Å². The lowest BCUT2D eigenvalue weighted by molar-refractivity contribution is -0.147. The number of hydrogen-bond donors (Lipinski definition) is 6. The summed E-state index contributed by atoms with van der Waals surface area (Å²) in [5.41, 5.74) is 0. The Morgan fingerprint density at radius 3 is 2.38 bits per heavy atom. The molecule has 2 aliphatic rings. The second-order valence-electron chi connectivity index (χ2n) is 9.10. The highest BCUT2D eigenvalue weighted by atomic mass is 32.2. The van der Waals surface area contributed by atoms with Gasteiger partial charge in [-0.05, 0) is 33.1 Å². The van der Waals surface area contributed by atoms with Crippen LogP contribution in [0.1, 0.15) is 52.4 Å². The van der Waals surface area contributed by atoms with Gasteiger partial charge < -0.3 is 36.1 Å². The van der Waals surface area contributed by atoms with Crippen molar-refractivity contribution in [2.75, 3.05) is 31.3 Å². The third kappa shape index (κ3) is 11.1. The maximum absolute atomic E-state index is 12.5. The molecule has 5 amide bonds. The van der Waals surface area contributed by atoms with Crippen LogP contribution < -0.4 is 26.6 Å². The SMILES string of the molecule is CCOC(=O)CNC(=O)[C@H](CS)NC(=O)CC[C@H](NC(=O)CCCC[C@@H]1SC[C@@H]2NC(=O)N[C@@H]21)C(=O)OCC. The maximum atomic E-state index is 12.5. The Labute approximate surface area is 237 Å². The fourth-order valence-electron chi connectivity index (χ4n) is 4.26. The number of carbonyl (C=O) groups is 6. The predicted molar refractivity (Wildman–Crippen MR) is 147 cm³/mol. The number of thiol groups is 1. The molecule has 220 valence electrons. The van der Waals surface area contributed by atoms with E-state index in [1.807, 2.05) is 11.8 Å². The molecule has 0 aromatic heterocycles. The van der Waals surface area contributed by atoms with Crippen molar-refractivity contribution in [3.05, 3.63) is 0 Å². The van der Waals surface area contributed by atoms with Crippen LogP contribution in [0.5, 0.6) is 0 Å². The van der Waals surface area contributed by atoms with E-state index in [9.17, 15) is 28.8 Å². The largest absolute Gasteiger partial charge is 0.465 e. The molecule has 0 bridgehead atoms. The van der Waals surface area contributed by atoms with Crippen molar-refractivity contribution >= 4 is 60.1 Å². The van der Waals surface area contributed by atoms with Gasteiger partial charge in [0.2, 0.25) is 17.7 Å². The van der Waals surface area contributed by atoms with Crippen LogP contribution >= 0.6 is 24.4 Å². The van der Waals surface area contributed by atoms with E-state index in [0.29, 0.717) is 11.7 Å². The summed E-state index contributed by atoms with van der Waals surface area (Å²) >= 11 is 5.89. The molecule has 2 aliphatic heterocycles. The van der Waals surface area contributed by atoms with Gasteiger partial charge >= 0.3 is 18.0 Å². The van der Waals surface area contributed by atoms with Crippen LogP contribution in [0.2, 0.25) is 0 Å². The lowest BCUT2D eigenvalue weighted by atomic mass is 10.0. The third-order valence-corrected chi connectivity index (χ3v) is 8.07. The zero-order chi connectivity index (χ0) is 28.8. The molecule has 2 fully saturated rings. The molecule has 39 heavy (non-hydrogen) atoms. The Balaban J connectivity index is 1.75. The number of rotatable bonds is 17. The number of ether oxygens (including phenoxy) is 2. The van der Waals surface area contributed by atoms with Gasteiger partial charge in [0, 0.05) is 29.6 Å². The lowest BCUT2D eigenvalue weighted by Gasteiger charge is -2.19. The van der Waals surface area contributed by atoms with Crippen molar-refractivity contribution in [1.82, 2.24) is 26.6 Å². The van der Waals surface area contributed by atoms with Crippen LogP contribution in [0.4, 0.5) is 4.79 Å². The first kappa shape index (κ1) is 32.5. The van der Waals surface area contributed by atoms with Gasteiger partial charge in [-0.2, -0.15) is 24.4 Å². The van der Waals surface area contributed by atoms with Gasteiger partial charge in [-0.1, -0.05) is 6.42 Å². The molecule has 2 heterocycles. The van der Waals surface area contributed by atoms with Crippen molar-refractivity contribution in [3.63, 3.8) is 0 Å². The van der Waals surface area contributed by atoms with Gasteiger partial charge in [-0.15, -0.1) is 0 Å². The Morgan fingerprint density at radius 2 is 1.69 bits per heavy atom. The molecule has 15 heteroatoms. The Hall–Kier alpha value is -2.68. The molecule has 0 spiro atoms. The predicted octanol–water partition coefficient (Wildman–Crippen LogP) is -0.366. The number of esters is 2. The number of thioether (sulfide) groups is 1. The average molecular weight is 590 g/mol. The Bertz CT molecular complexity index is 893. The summed E-state index contributed by atoms with van der Waals surface area (Å²) in [5.74, 6) is -1.83. The lowest BCUT2D eigenvalue weighted by Crippen LogP contribution is -2.49. The van der Waals surface area contributed by atoms with Crippen LogP contribution in [0.15, 0.2) is 0 Å². The minimum atomic E-state index is -1.01. The quantitative estimate of drug-likeness (QED) is 0.0571. The second-order valence-corrected chi connectivity index (χ2v) is 10.7. The van der Waals surface area contributed by atoms with E-state index in [-0.39, 0.29) is 68.8 Å². The molecule has 0 saturated carbocycles. The first-order valence-electron chi connectivity index (χ1n) is 13.2. The maximum Gasteiger partial charge on any atom is 0.328 e. The highest BCUT2D eigenvalue weighted by molar-refractivity contribution is 8.00. The van der Waals surface area contributed by atoms with E-state index in [1.165, 1.54) is 0 Å². The number of urea groups is 1. The van der Waals surface area contributed by atoms with E-state index in [0.717, 1.165) is 18.6 Å². The molecule has 2 saturated heterocycles. The summed E-state index contributed by atoms with van der Waals surface area (Å²) in [6.45, 7) is 3.25. The molecular formula is C24H39N5O8S2. The van der Waals surface area contributed by atoms with E-state index in [2.05, 4.69) is 39.2 Å².